The lowest BCUT2D eigenvalue weighted by atomic mass is 10.0. The van der Waals surface area contributed by atoms with E-state index in [1.54, 1.807) is 12.1 Å². The zero-order valence-electron chi connectivity index (χ0n) is 15.0. The third-order valence-corrected chi connectivity index (χ3v) is 4.40. The second kappa shape index (κ2) is 8.33. The van der Waals surface area contributed by atoms with Gasteiger partial charge in [0.1, 0.15) is 24.1 Å². The lowest BCUT2D eigenvalue weighted by molar-refractivity contribution is -0.122. The van der Waals surface area contributed by atoms with Crippen LogP contribution in [0.4, 0.5) is 14.9 Å². The first-order valence-corrected chi connectivity index (χ1v) is 8.50. The first kappa shape index (κ1) is 19.7. The molecule has 1 aliphatic rings. The molecule has 3 rings (SSSR count). The maximum atomic E-state index is 14.2. The van der Waals surface area contributed by atoms with Gasteiger partial charge in [0.15, 0.2) is 0 Å². The number of aliphatic hydroxyl groups excluding tert-OH is 1. The van der Waals surface area contributed by atoms with Gasteiger partial charge in [-0.2, -0.15) is 10.5 Å². The van der Waals surface area contributed by atoms with Crippen LogP contribution >= 0.6 is 0 Å². The Bertz CT molecular complexity index is 1060. The summed E-state index contributed by atoms with van der Waals surface area (Å²) in [5.41, 5.74) is 1.20. The van der Waals surface area contributed by atoms with Crippen molar-refractivity contribution in [1.29, 1.82) is 10.5 Å². The number of carbonyl (C=O) groups is 2. The Balaban J connectivity index is 1.72. The average Bonchev–Trinajstić information content (AvgIpc) is 2.72. The van der Waals surface area contributed by atoms with E-state index >= 15 is 0 Å². The van der Waals surface area contributed by atoms with Gasteiger partial charge in [-0.25, -0.2) is 14.2 Å². The largest absolute Gasteiger partial charge is 0.394 e. The molecule has 0 radical (unpaired) electrons. The first-order valence-electron chi connectivity index (χ1n) is 8.50. The van der Waals surface area contributed by atoms with Crippen molar-refractivity contribution in [2.75, 3.05) is 18.5 Å². The number of benzene rings is 1. The van der Waals surface area contributed by atoms with Crippen LogP contribution in [0.5, 0.6) is 0 Å². The summed E-state index contributed by atoms with van der Waals surface area (Å²) in [6, 6.07) is 7.40. The number of fused-ring (bicyclic) bond motifs is 1. The van der Waals surface area contributed by atoms with Crippen molar-refractivity contribution in [3.8, 4) is 12.1 Å². The van der Waals surface area contributed by atoms with Crippen molar-refractivity contribution in [1.82, 2.24) is 15.2 Å². The van der Waals surface area contributed by atoms with Crippen molar-refractivity contribution < 1.29 is 19.1 Å². The molecule has 0 unspecified atom stereocenters. The number of aliphatic hydroxyl groups is 1. The molecular weight excluding hydrogens is 379 g/mol. The zero-order chi connectivity index (χ0) is 21.0. The highest BCUT2D eigenvalue weighted by atomic mass is 19.1. The van der Waals surface area contributed by atoms with Gasteiger partial charge in [-0.1, -0.05) is 6.07 Å². The fraction of sp³-hybridized carbons (Fsp3) is 0.211. The van der Waals surface area contributed by atoms with Crippen LogP contribution < -0.4 is 10.6 Å². The molecule has 0 saturated heterocycles. The molecule has 0 aliphatic carbocycles. The Morgan fingerprint density at radius 1 is 1.38 bits per heavy atom. The average molecular weight is 394 g/mol. The molecule has 0 bridgehead atoms. The molecule has 0 fully saturated rings. The number of hydrogen-bond donors (Lipinski definition) is 3. The van der Waals surface area contributed by atoms with Crippen molar-refractivity contribution in [2.24, 2.45) is 0 Å². The normalized spacial score (nSPS) is 13.5. The highest BCUT2D eigenvalue weighted by Crippen LogP contribution is 2.25. The fourth-order valence-electron chi connectivity index (χ4n) is 2.96. The highest BCUT2D eigenvalue weighted by Gasteiger charge is 2.28. The molecule has 29 heavy (non-hydrogen) atoms. The Hall–Kier alpha value is -4.02. The number of carbonyl (C=O) groups excluding carboxylic acids is 2. The molecule has 1 atom stereocenters. The molecule has 2 heterocycles. The molecule has 0 spiro atoms. The maximum Gasteiger partial charge on any atom is 0.322 e. The molecule has 1 aromatic heterocycles. The molecule has 0 saturated carbocycles. The van der Waals surface area contributed by atoms with Gasteiger partial charge in [0.2, 0.25) is 5.91 Å². The Morgan fingerprint density at radius 2 is 2.17 bits per heavy atom. The molecule has 2 aromatic rings. The number of nitriles is 2. The van der Waals surface area contributed by atoms with E-state index in [0.29, 0.717) is 11.3 Å². The summed E-state index contributed by atoms with van der Waals surface area (Å²) in [4.78, 5) is 29.7. The molecular formula is C19H15FN6O3. The second-order valence-electron chi connectivity index (χ2n) is 6.23. The van der Waals surface area contributed by atoms with E-state index in [2.05, 4.69) is 15.6 Å². The topological polar surface area (TPSA) is 142 Å². The second-order valence-corrected chi connectivity index (χ2v) is 6.23. The van der Waals surface area contributed by atoms with Crippen molar-refractivity contribution in [3.63, 3.8) is 0 Å². The summed E-state index contributed by atoms with van der Waals surface area (Å²) in [6.45, 7) is -0.953. The van der Waals surface area contributed by atoms with Crippen LogP contribution in [0, 0.1) is 28.5 Å². The van der Waals surface area contributed by atoms with Gasteiger partial charge in [0, 0.05) is 17.3 Å². The van der Waals surface area contributed by atoms with E-state index in [1.165, 1.54) is 23.2 Å². The number of halogens is 1. The van der Waals surface area contributed by atoms with Crippen molar-refractivity contribution in [2.45, 2.75) is 12.6 Å². The van der Waals surface area contributed by atoms with E-state index in [9.17, 15) is 19.1 Å². The zero-order valence-corrected chi connectivity index (χ0v) is 15.0. The summed E-state index contributed by atoms with van der Waals surface area (Å²) in [7, 11) is 0. The minimum Gasteiger partial charge on any atom is -0.394 e. The number of nitrogens with one attached hydrogen (secondary N) is 2. The van der Waals surface area contributed by atoms with Gasteiger partial charge in [0.05, 0.1) is 36.5 Å². The number of urea groups is 1. The molecule has 146 valence electrons. The van der Waals surface area contributed by atoms with Crippen molar-refractivity contribution in [3.05, 3.63) is 58.7 Å². The Kier molecular flexibility index (Phi) is 5.67. The van der Waals surface area contributed by atoms with E-state index < -0.39 is 30.4 Å². The SMILES string of the molecule is N#Cc1ccc([C@H](CO)NC(=O)CN2Cc3c(ccnc3C#N)NC2=O)c(F)c1. The van der Waals surface area contributed by atoms with Gasteiger partial charge in [0.25, 0.3) is 0 Å². The van der Waals surface area contributed by atoms with Crippen LogP contribution in [0.2, 0.25) is 0 Å². The van der Waals surface area contributed by atoms with Gasteiger partial charge in [-0.15, -0.1) is 0 Å². The van der Waals surface area contributed by atoms with Crippen LogP contribution in [-0.4, -0.2) is 40.1 Å². The van der Waals surface area contributed by atoms with Gasteiger partial charge < -0.3 is 20.6 Å². The Morgan fingerprint density at radius 3 is 2.83 bits per heavy atom. The van der Waals surface area contributed by atoms with E-state index in [1.807, 2.05) is 6.07 Å². The fourth-order valence-corrected chi connectivity index (χ4v) is 2.96. The van der Waals surface area contributed by atoms with Gasteiger partial charge >= 0.3 is 6.03 Å². The third kappa shape index (κ3) is 4.13. The first-order chi connectivity index (χ1) is 14.0. The maximum absolute atomic E-state index is 14.2. The number of nitrogens with zero attached hydrogens (tertiary/aromatic N) is 4. The van der Waals surface area contributed by atoms with Gasteiger partial charge in [-0.3, -0.25) is 4.79 Å². The summed E-state index contributed by atoms with van der Waals surface area (Å²) in [5.74, 6) is -1.37. The number of rotatable bonds is 5. The number of hydrogen-bond acceptors (Lipinski definition) is 6. The molecule has 1 aromatic carbocycles. The quantitative estimate of drug-likeness (QED) is 0.695. The van der Waals surface area contributed by atoms with Crippen LogP contribution in [0.3, 0.4) is 0 Å². The van der Waals surface area contributed by atoms with Crippen LogP contribution in [-0.2, 0) is 11.3 Å². The van der Waals surface area contributed by atoms with E-state index in [-0.39, 0.29) is 29.9 Å². The summed E-state index contributed by atoms with van der Waals surface area (Å²) in [6.07, 6.45) is 1.40. The van der Waals surface area contributed by atoms with Gasteiger partial charge in [-0.05, 0) is 18.2 Å². The van der Waals surface area contributed by atoms with E-state index in [0.717, 1.165) is 6.07 Å². The van der Waals surface area contributed by atoms with Crippen molar-refractivity contribution >= 4 is 17.6 Å². The van der Waals surface area contributed by atoms with Crippen LogP contribution in [0.25, 0.3) is 0 Å². The van der Waals surface area contributed by atoms with E-state index in [4.69, 9.17) is 10.5 Å². The number of aromatic nitrogens is 1. The predicted octanol–water partition coefficient (Wildman–Crippen LogP) is 1.16. The lowest BCUT2D eigenvalue weighted by Crippen LogP contribution is -2.46. The number of pyridine rings is 1. The predicted molar refractivity (Wildman–Crippen MR) is 97.5 cm³/mol. The summed E-state index contributed by atoms with van der Waals surface area (Å²) in [5, 5.41) is 32.6. The smallest absolute Gasteiger partial charge is 0.322 e. The van der Waals surface area contributed by atoms with Crippen LogP contribution in [0.15, 0.2) is 30.5 Å². The highest BCUT2D eigenvalue weighted by molar-refractivity contribution is 5.95. The number of anilines is 1. The monoisotopic (exact) mass is 394 g/mol. The minimum absolute atomic E-state index is 0.000336. The Labute approximate surface area is 165 Å². The standard InChI is InChI=1S/C19H15FN6O3/c20-14-5-11(6-21)1-2-12(14)17(10-27)24-18(28)9-26-8-13-15(25-19(26)29)3-4-23-16(13)7-22/h1-5,17,27H,8-10H2,(H,24,28)(H,25,29)/t17-/m0/s1. The summed E-state index contributed by atoms with van der Waals surface area (Å²) < 4.78 is 14.2. The summed E-state index contributed by atoms with van der Waals surface area (Å²) >= 11 is 0. The third-order valence-electron chi connectivity index (χ3n) is 4.40. The lowest BCUT2D eigenvalue weighted by Gasteiger charge is -2.29. The van der Waals surface area contributed by atoms with Crippen LogP contribution in [0.1, 0.15) is 28.4 Å². The molecule has 10 heteroatoms. The molecule has 1 aliphatic heterocycles. The number of amides is 3. The minimum atomic E-state index is -1.05. The molecule has 3 amide bonds. The molecule has 9 nitrogen and oxygen atoms in total. The molecule has 3 N–H and O–H groups in total.